The summed E-state index contributed by atoms with van der Waals surface area (Å²) in [5.41, 5.74) is 0. The minimum absolute atomic E-state index is 0.141. The van der Waals surface area contributed by atoms with Gasteiger partial charge in [0.25, 0.3) is 0 Å². The third-order valence-electron chi connectivity index (χ3n) is 2.43. The first-order valence-electron chi connectivity index (χ1n) is 5.19. The van der Waals surface area contributed by atoms with Crippen molar-refractivity contribution < 1.29 is 9.53 Å². The fraction of sp³-hybridized carbons (Fsp3) is 0.900. The number of nitrogens with zero attached hydrogens (tertiary/aromatic N) is 1. The highest BCUT2D eigenvalue weighted by Gasteiger charge is 2.24. The van der Waals surface area contributed by atoms with Gasteiger partial charge in [0.05, 0.1) is 0 Å². The maximum Gasteiger partial charge on any atom is 0.248 e. The Balaban J connectivity index is 2.18. The lowest BCUT2D eigenvalue weighted by Crippen LogP contribution is -2.32. The smallest absolute Gasteiger partial charge is 0.248 e. The van der Waals surface area contributed by atoms with E-state index in [1.165, 1.54) is 0 Å². The number of carbonyl (C=O) groups excluding carboxylic acids is 1. The van der Waals surface area contributed by atoms with E-state index in [4.69, 9.17) is 4.74 Å². The van der Waals surface area contributed by atoms with Gasteiger partial charge in [-0.1, -0.05) is 22.9 Å². The zero-order valence-corrected chi connectivity index (χ0v) is 10.3. The average molecular weight is 264 g/mol. The van der Waals surface area contributed by atoms with E-state index >= 15 is 0 Å². The Bertz CT molecular complexity index is 187. The Morgan fingerprint density at radius 2 is 2.43 bits per heavy atom. The first-order chi connectivity index (χ1) is 6.77. The molecule has 1 aliphatic rings. The summed E-state index contributed by atoms with van der Waals surface area (Å²) in [6, 6.07) is 0. The van der Waals surface area contributed by atoms with Gasteiger partial charge >= 0.3 is 0 Å². The van der Waals surface area contributed by atoms with Crippen LogP contribution in [0.5, 0.6) is 0 Å². The Kier molecular flexibility index (Phi) is 5.48. The van der Waals surface area contributed by atoms with Gasteiger partial charge in [-0.2, -0.15) is 0 Å². The number of carbonyl (C=O) groups is 1. The van der Waals surface area contributed by atoms with Crippen LogP contribution in [0.4, 0.5) is 0 Å². The van der Waals surface area contributed by atoms with Gasteiger partial charge in [-0.05, 0) is 18.8 Å². The Hall–Kier alpha value is -0.0900. The molecule has 0 aliphatic carbocycles. The molecule has 1 heterocycles. The molecule has 0 radical (unpaired) electrons. The van der Waals surface area contributed by atoms with Crippen molar-refractivity contribution in [2.24, 2.45) is 5.92 Å². The van der Waals surface area contributed by atoms with Gasteiger partial charge in [-0.15, -0.1) is 0 Å². The van der Waals surface area contributed by atoms with E-state index in [2.05, 4.69) is 15.9 Å². The van der Waals surface area contributed by atoms with Crippen molar-refractivity contribution in [3.8, 4) is 0 Å². The monoisotopic (exact) mass is 263 g/mol. The second-order valence-electron chi connectivity index (χ2n) is 3.70. The van der Waals surface area contributed by atoms with Crippen molar-refractivity contribution in [3.05, 3.63) is 0 Å². The standard InChI is InChI=1S/C10H18BrNO2/c1-2-5-14-8-10(13)12-4-3-9(6-11)7-12/h9H,2-8H2,1H3. The van der Waals surface area contributed by atoms with Crippen LogP contribution in [0, 0.1) is 5.92 Å². The Morgan fingerprint density at radius 3 is 3.00 bits per heavy atom. The summed E-state index contributed by atoms with van der Waals surface area (Å²) < 4.78 is 5.22. The third-order valence-corrected chi connectivity index (χ3v) is 3.35. The van der Waals surface area contributed by atoms with Crippen molar-refractivity contribution in [1.29, 1.82) is 0 Å². The summed E-state index contributed by atoms with van der Waals surface area (Å²) in [7, 11) is 0. The molecule has 0 N–H and O–H groups in total. The highest BCUT2D eigenvalue weighted by atomic mass is 79.9. The summed E-state index contributed by atoms with van der Waals surface area (Å²) in [6.45, 7) is 4.76. The van der Waals surface area contributed by atoms with E-state index in [9.17, 15) is 4.79 Å². The number of likely N-dealkylation sites (tertiary alicyclic amines) is 1. The van der Waals surface area contributed by atoms with Gasteiger partial charge in [-0.25, -0.2) is 0 Å². The molecule has 1 aliphatic heterocycles. The fourth-order valence-corrected chi connectivity index (χ4v) is 2.11. The normalized spacial score (nSPS) is 21.6. The molecule has 1 fully saturated rings. The lowest BCUT2D eigenvalue weighted by Gasteiger charge is -2.15. The lowest BCUT2D eigenvalue weighted by atomic mass is 10.2. The Morgan fingerprint density at radius 1 is 1.64 bits per heavy atom. The van der Waals surface area contributed by atoms with Crippen molar-refractivity contribution in [2.75, 3.05) is 31.6 Å². The van der Waals surface area contributed by atoms with Gasteiger partial charge in [-0.3, -0.25) is 4.79 Å². The highest BCUT2D eigenvalue weighted by molar-refractivity contribution is 9.09. The van der Waals surface area contributed by atoms with E-state index in [0.717, 1.165) is 31.3 Å². The topological polar surface area (TPSA) is 29.5 Å². The van der Waals surface area contributed by atoms with Crippen LogP contribution < -0.4 is 0 Å². The van der Waals surface area contributed by atoms with Crippen molar-refractivity contribution in [1.82, 2.24) is 4.90 Å². The van der Waals surface area contributed by atoms with Gasteiger partial charge in [0.1, 0.15) is 6.61 Å². The first-order valence-corrected chi connectivity index (χ1v) is 6.31. The van der Waals surface area contributed by atoms with Crippen molar-refractivity contribution in [2.45, 2.75) is 19.8 Å². The predicted octanol–water partition coefficient (Wildman–Crippen LogP) is 1.66. The van der Waals surface area contributed by atoms with Crippen LogP contribution in [0.15, 0.2) is 0 Å². The van der Waals surface area contributed by atoms with Crippen LogP contribution in [0.1, 0.15) is 19.8 Å². The molecular weight excluding hydrogens is 246 g/mol. The molecule has 0 saturated carbocycles. The molecule has 3 nitrogen and oxygen atoms in total. The molecule has 1 atom stereocenters. The van der Waals surface area contributed by atoms with Crippen LogP contribution in [0.3, 0.4) is 0 Å². The van der Waals surface area contributed by atoms with Gasteiger partial charge < -0.3 is 9.64 Å². The number of halogens is 1. The van der Waals surface area contributed by atoms with E-state index < -0.39 is 0 Å². The molecule has 0 bridgehead atoms. The molecule has 0 aromatic heterocycles. The average Bonchev–Trinajstić information content (AvgIpc) is 2.66. The second-order valence-corrected chi connectivity index (χ2v) is 4.35. The van der Waals surface area contributed by atoms with Crippen LogP contribution in [-0.2, 0) is 9.53 Å². The van der Waals surface area contributed by atoms with Crippen LogP contribution >= 0.6 is 15.9 Å². The number of alkyl halides is 1. The summed E-state index contributed by atoms with van der Waals surface area (Å²) in [5, 5.41) is 0.993. The summed E-state index contributed by atoms with van der Waals surface area (Å²) >= 11 is 3.45. The zero-order chi connectivity index (χ0) is 10.4. The minimum Gasteiger partial charge on any atom is -0.372 e. The molecule has 4 heteroatoms. The molecule has 1 rings (SSSR count). The number of hydrogen-bond donors (Lipinski definition) is 0. The SMILES string of the molecule is CCCOCC(=O)N1CCC(CBr)C1. The molecule has 14 heavy (non-hydrogen) atoms. The largest absolute Gasteiger partial charge is 0.372 e. The number of amides is 1. The summed E-state index contributed by atoms with van der Waals surface area (Å²) in [4.78, 5) is 13.5. The molecular formula is C10H18BrNO2. The quantitative estimate of drug-likeness (QED) is 0.558. The molecule has 82 valence electrons. The van der Waals surface area contributed by atoms with Gasteiger partial charge in [0.15, 0.2) is 0 Å². The van der Waals surface area contributed by atoms with Gasteiger partial charge in [0, 0.05) is 25.0 Å². The van der Waals surface area contributed by atoms with E-state index in [-0.39, 0.29) is 12.5 Å². The molecule has 0 aromatic carbocycles. The molecule has 1 unspecified atom stereocenters. The summed E-state index contributed by atoms with van der Waals surface area (Å²) in [5.74, 6) is 0.770. The van der Waals surface area contributed by atoms with E-state index in [1.807, 2.05) is 11.8 Å². The number of hydrogen-bond acceptors (Lipinski definition) is 2. The fourth-order valence-electron chi connectivity index (χ4n) is 1.58. The predicted molar refractivity (Wildman–Crippen MR) is 59.6 cm³/mol. The highest BCUT2D eigenvalue weighted by Crippen LogP contribution is 2.17. The van der Waals surface area contributed by atoms with E-state index in [1.54, 1.807) is 0 Å². The maximum atomic E-state index is 11.6. The van der Waals surface area contributed by atoms with Gasteiger partial charge in [0.2, 0.25) is 5.91 Å². The Labute approximate surface area is 93.9 Å². The van der Waals surface area contributed by atoms with Crippen LogP contribution in [-0.4, -0.2) is 42.4 Å². The number of rotatable bonds is 5. The molecule has 0 aromatic rings. The lowest BCUT2D eigenvalue weighted by molar-refractivity contribution is -0.135. The number of ether oxygens (including phenoxy) is 1. The first kappa shape index (κ1) is 12.0. The zero-order valence-electron chi connectivity index (χ0n) is 8.67. The molecule has 1 saturated heterocycles. The second kappa shape index (κ2) is 6.40. The van der Waals surface area contributed by atoms with Crippen molar-refractivity contribution >= 4 is 21.8 Å². The van der Waals surface area contributed by atoms with Crippen LogP contribution in [0.25, 0.3) is 0 Å². The van der Waals surface area contributed by atoms with Crippen LogP contribution in [0.2, 0.25) is 0 Å². The molecule has 1 amide bonds. The summed E-state index contributed by atoms with van der Waals surface area (Å²) in [6.07, 6.45) is 2.09. The molecule has 0 spiro atoms. The van der Waals surface area contributed by atoms with E-state index in [0.29, 0.717) is 12.5 Å². The minimum atomic E-state index is 0.141. The third kappa shape index (κ3) is 3.58. The maximum absolute atomic E-state index is 11.6. The van der Waals surface area contributed by atoms with Crippen molar-refractivity contribution in [3.63, 3.8) is 0 Å².